The summed E-state index contributed by atoms with van der Waals surface area (Å²) in [4.78, 5) is 16.7. The van der Waals surface area contributed by atoms with Crippen LogP contribution in [0.25, 0.3) is 0 Å². The van der Waals surface area contributed by atoms with Crippen molar-refractivity contribution in [2.24, 2.45) is 0 Å². The van der Waals surface area contributed by atoms with Gasteiger partial charge in [0.2, 0.25) is 0 Å². The zero-order valence-corrected chi connectivity index (χ0v) is 11.7. The molecule has 0 radical (unpaired) electrons. The Morgan fingerprint density at radius 2 is 1.89 bits per heavy atom. The highest BCUT2D eigenvalue weighted by atomic mass is 32.2. The summed E-state index contributed by atoms with van der Waals surface area (Å²) in [7, 11) is 0. The molecule has 18 heavy (non-hydrogen) atoms. The summed E-state index contributed by atoms with van der Waals surface area (Å²) in [6, 6.07) is 0.753. The number of carbonyl (C=O) groups is 1. The van der Waals surface area contributed by atoms with E-state index in [-0.39, 0.29) is 6.03 Å². The highest BCUT2D eigenvalue weighted by molar-refractivity contribution is 8.00. The van der Waals surface area contributed by atoms with Gasteiger partial charge in [0.1, 0.15) is 0 Å². The lowest BCUT2D eigenvalue weighted by atomic mass is 9.93. The van der Waals surface area contributed by atoms with Crippen LogP contribution in [0.2, 0.25) is 0 Å². The minimum absolute atomic E-state index is 0.260. The van der Waals surface area contributed by atoms with Gasteiger partial charge in [-0.25, -0.2) is 4.79 Å². The Hall–Kier alpha value is -0.420. The van der Waals surface area contributed by atoms with E-state index in [0.29, 0.717) is 24.5 Å². The van der Waals surface area contributed by atoms with E-state index in [1.54, 1.807) is 0 Å². The van der Waals surface area contributed by atoms with E-state index in [1.807, 2.05) is 4.90 Å². The number of hydrogen-bond donors (Lipinski definition) is 0. The number of rotatable bonds is 0. The number of morpholine rings is 1. The molecule has 0 spiro atoms. The second-order valence-electron chi connectivity index (χ2n) is 5.34. The van der Waals surface area contributed by atoms with Gasteiger partial charge in [0.05, 0.1) is 13.2 Å². The van der Waals surface area contributed by atoms with Gasteiger partial charge in [-0.2, -0.15) is 11.8 Å². The van der Waals surface area contributed by atoms with Gasteiger partial charge in [0.25, 0.3) is 0 Å². The lowest BCUT2D eigenvalue weighted by Crippen LogP contribution is -2.57. The van der Waals surface area contributed by atoms with Crippen molar-refractivity contribution in [1.82, 2.24) is 9.80 Å². The molecule has 1 aliphatic carbocycles. The summed E-state index contributed by atoms with van der Waals surface area (Å²) in [6.07, 6.45) is 5.12. The predicted octanol–water partition coefficient (Wildman–Crippen LogP) is 1.80. The minimum atomic E-state index is 0.260. The minimum Gasteiger partial charge on any atom is -0.378 e. The van der Waals surface area contributed by atoms with Gasteiger partial charge in [0, 0.05) is 36.7 Å². The van der Waals surface area contributed by atoms with E-state index in [1.165, 1.54) is 25.7 Å². The molecule has 2 unspecified atom stereocenters. The molecule has 3 rings (SSSR count). The first-order valence-corrected chi connectivity index (χ1v) is 8.16. The summed E-state index contributed by atoms with van der Waals surface area (Å²) < 4.78 is 5.33. The first kappa shape index (κ1) is 12.6. The maximum atomic E-state index is 12.6. The number of amides is 2. The summed E-state index contributed by atoms with van der Waals surface area (Å²) >= 11 is 2.08. The number of ether oxygens (including phenoxy) is 1. The zero-order chi connectivity index (χ0) is 12.4. The molecule has 2 heterocycles. The first-order chi connectivity index (χ1) is 8.86. The molecule has 2 atom stereocenters. The number of carbonyl (C=O) groups excluding carboxylic acids is 1. The van der Waals surface area contributed by atoms with Gasteiger partial charge >= 0.3 is 6.03 Å². The molecule has 2 aliphatic heterocycles. The standard InChI is InChI=1S/C13H22N2O2S/c16-13(14-5-8-17-9-6-14)15-7-10-18-12-4-2-1-3-11(12)15/h11-12H,1-10H2. The van der Waals surface area contributed by atoms with Gasteiger partial charge in [-0.1, -0.05) is 12.8 Å². The Morgan fingerprint density at radius 1 is 1.11 bits per heavy atom. The van der Waals surface area contributed by atoms with Crippen molar-refractivity contribution in [3.8, 4) is 0 Å². The van der Waals surface area contributed by atoms with Crippen molar-refractivity contribution in [1.29, 1.82) is 0 Å². The molecule has 102 valence electrons. The summed E-state index contributed by atoms with van der Waals surface area (Å²) in [6.45, 7) is 3.85. The van der Waals surface area contributed by atoms with E-state index in [4.69, 9.17) is 4.74 Å². The van der Waals surface area contributed by atoms with E-state index >= 15 is 0 Å². The molecule has 3 aliphatic rings. The van der Waals surface area contributed by atoms with Crippen molar-refractivity contribution >= 4 is 17.8 Å². The third kappa shape index (κ3) is 2.48. The number of thioether (sulfide) groups is 1. The lowest BCUT2D eigenvalue weighted by molar-refractivity contribution is 0.0375. The van der Waals surface area contributed by atoms with E-state index in [0.717, 1.165) is 25.4 Å². The maximum absolute atomic E-state index is 12.6. The van der Waals surface area contributed by atoms with Gasteiger partial charge in [0.15, 0.2) is 0 Å². The van der Waals surface area contributed by atoms with Crippen LogP contribution in [-0.2, 0) is 4.74 Å². The molecule has 0 aromatic rings. The van der Waals surface area contributed by atoms with Crippen LogP contribution in [0.5, 0.6) is 0 Å². The van der Waals surface area contributed by atoms with Crippen LogP contribution in [0.3, 0.4) is 0 Å². The molecule has 1 saturated carbocycles. The van der Waals surface area contributed by atoms with Gasteiger partial charge in [-0.3, -0.25) is 0 Å². The summed E-state index contributed by atoms with van der Waals surface area (Å²) in [5, 5.41) is 0.692. The van der Waals surface area contributed by atoms with Crippen molar-refractivity contribution in [2.45, 2.75) is 37.0 Å². The highest BCUT2D eigenvalue weighted by Gasteiger charge is 2.37. The molecule has 2 saturated heterocycles. The SMILES string of the molecule is O=C(N1CCOCC1)N1CCSC2CCCCC21. The van der Waals surface area contributed by atoms with Crippen molar-refractivity contribution in [3.05, 3.63) is 0 Å². The average Bonchev–Trinajstić information content (AvgIpc) is 2.47. The molecule has 0 N–H and O–H groups in total. The topological polar surface area (TPSA) is 32.8 Å². The average molecular weight is 270 g/mol. The smallest absolute Gasteiger partial charge is 0.320 e. The van der Waals surface area contributed by atoms with E-state index < -0.39 is 0 Å². The van der Waals surface area contributed by atoms with E-state index in [2.05, 4.69) is 16.7 Å². The summed E-state index contributed by atoms with van der Waals surface area (Å²) in [5.74, 6) is 1.11. The molecule has 0 aromatic carbocycles. The van der Waals surface area contributed by atoms with Crippen LogP contribution in [0.15, 0.2) is 0 Å². The second kappa shape index (κ2) is 5.70. The van der Waals surface area contributed by atoms with Gasteiger partial charge < -0.3 is 14.5 Å². The number of hydrogen-bond acceptors (Lipinski definition) is 3. The Balaban J connectivity index is 1.67. The van der Waals surface area contributed by atoms with Crippen LogP contribution in [0.1, 0.15) is 25.7 Å². The van der Waals surface area contributed by atoms with Crippen LogP contribution < -0.4 is 0 Å². The van der Waals surface area contributed by atoms with Crippen LogP contribution in [0, 0.1) is 0 Å². The predicted molar refractivity (Wildman–Crippen MR) is 73.0 cm³/mol. The van der Waals surface area contributed by atoms with Crippen LogP contribution in [0.4, 0.5) is 4.79 Å². The molecule has 0 aromatic heterocycles. The fourth-order valence-corrected chi connectivity index (χ4v) is 4.71. The maximum Gasteiger partial charge on any atom is 0.320 e. The molecule has 3 fully saturated rings. The molecular formula is C13H22N2O2S. The van der Waals surface area contributed by atoms with Gasteiger partial charge in [-0.15, -0.1) is 0 Å². The number of urea groups is 1. The normalized spacial score (nSPS) is 33.1. The Labute approximate surface area is 113 Å². The van der Waals surface area contributed by atoms with Crippen LogP contribution in [-0.4, -0.2) is 65.7 Å². The molecule has 5 heteroatoms. The van der Waals surface area contributed by atoms with Crippen LogP contribution >= 0.6 is 11.8 Å². The number of nitrogens with zero attached hydrogens (tertiary/aromatic N) is 2. The Morgan fingerprint density at radius 3 is 2.72 bits per heavy atom. The highest BCUT2D eigenvalue weighted by Crippen LogP contribution is 2.35. The molecule has 4 nitrogen and oxygen atoms in total. The quantitative estimate of drug-likeness (QED) is 0.673. The zero-order valence-electron chi connectivity index (χ0n) is 10.8. The fourth-order valence-electron chi connectivity index (χ4n) is 3.27. The summed E-state index contributed by atoms with van der Waals surface area (Å²) in [5.41, 5.74) is 0. The molecular weight excluding hydrogens is 248 g/mol. The van der Waals surface area contributed by atoms with Crippen molar-refractivity contribution in [3.63, 3.8) is 0 Å². The second-order valence-corrected chi connectivity index (χ2v) is 6.68. The van der Waals surface area contributed by atoms with Crippen molar-refractivity contribution in [2.75, 3.05) is 38.6 Å². The fraction of sp³-hybridized carbons (Fsp3) is 0.923. The van der Waals surface area contributed by atoms with Gasteiger partial charge in [-0.05, 0) is 12.8 Å². The third-order valence-corrected chi connectivity index (χ3v) is 5.66. The Bertz CT molecular complexity index is 305. The van der Waals surface area contributed by atoms with E-state index in [9.17, 15) is 4.79 Å². The molecule has 2 amide bonds. The molecule has 0 bridgehead atoms. The largest absolute Gasteiger partial charge is 0.378 e. The monoisotopic (exact) mass is 270 g/mol. The van der Waals surface area contributed by atoms with Crippen molar-refractivity contribution < 1.29 is 9.53 Å². The third-order valence-electron chi connectivity index (χ3n) is 4.26. The number of fused-ring (bicyclic) bond motifs is 1. The first-order valence-electron chi connectivity index (χ1n) is 7.11. The lowest BCUT2D eigenvalue weighted by Gasteiger charge is -2.45. The Kier molecular flexibility index (Phi) is 3.99.